The molecule has 2 aromatic carbocycles. The first-order valence-corrected chi connectivity index (χ1v) is 17.5. The standard InChI is InChI=1S/C29H37N3O7S3/c1-31(2)41(34,35)26-10-6-9-25(17-26)38-21-24(33)19-30-23-18-29(39-20-23)13-15-32(16-14-29)42(36,37)28-12-11-27(40-28)22-7-4-3-5-8-22/h3-12,17,23-24,30,33H,13-16,18-21H2,1-2H3. The van der Waals surface area contributed by atoms with Crippen LogP contribution < -0.4 is 10.1 Å². The van der Waals surface area contributed by atoms with E-state index in [0.29, 0.717) is 42.5 Å². The molecule has 2 N–H and O–H groups in total. The topological polar surface area (TPSA) is 125 Å². The molecular weight excluding hydrogens is 599 g/mol. The van der Waals surface area contributed by atoms with Crippen molar-refractivity contribution < 1.29 is 31.4 Å². The summed E-state index contributed by atoms with van der Waals surface area (Å²) < 4.78 is 66.3. The Kier molecular flexibility index (Phi) is 9.40. The lowest BCUT2D eigenvalue weighted by Gasteiger charge is -2.37. The summed E-state index contributed by atoms with van der Waals surface area (Å²) in [6.07, 6.45) is 1.14. The van der Waals surface area contributed by atoms with Gasteiger partial charge in [0.15, 0.2) is 0 Å². The van der Waals surface area contributed by atoms with Gasteiger partial charge in [-0.15, -0.1) is 11.3 Å². The van der Waals surface area contributed by atoms with Crippen LogP contribution in [0.4, 0.5) is 0 Å². The second-order valence-corrected chi connectivity index (χ2v) is 16.3. The number of rotatable bonds is 11. The van der Waals surface area contributed by atoms with E-state index < -0.39 is 26.2 Å². The Hall–Kier alpha value is -2.36. The van der Waals surface area contributed by atoms with Gasteiger partial charge in [0, 0.05) is 50.7 Å². The van der Waals surface area contributed by atoms with Gasteiger partial charge >= 0.3 is 0 Å². The monoisotopic (exact) mass is 635 g/mol. The van der Waals surface area contributed by atoms with Gasteiger partial charge in [-0.3, -0.25) is 0 Å². The second kappa shape index (κ2) is 12.7. The smallest absolute Gasteiger partial charge is 0.252 e. The van der Waals surface area contributed by atoms with Crippen molar-refractivity contribution in [1.29, 1.82) is 0 Å². The maximum Gasteiger partial charge on any atom is 0.252 e. The molecule has 2 unspecified atom stereocenters. The van der Waals surface area contributed by atoms with E-state index in [1.807, 2.05) is 36.4 Å². The molecule has 2 fully saturated rings. The number of aliphatic hydroxyl groups excluding tert-OH is 1. The Morgan fingerprint density at radius 2 is 1.81 bits per heavy atom. The van der Waals surface area contributed by atoms with Crippen molar-refractivity contribution >= 4 is 31.4 Å². The van der Waals surface area contributed by atoms with Gasteiger partial charge < -0.3 is 19.9 Å². The Morgan fingerprint density at radius 3 is 2.52 bits per heavy atom. The maximum atomic E-state index is 13.4. The van der Waals surface area contributed by atoms with E-state index in [1.54, 1.807) is 22.5 Å². The van der Waals surface area contributed by atoms with Crippen LogP contribution >= 0.6 is 11.3 Å². The van der Waals surface area contributed by atoms with Gasteiger partial charge in [-0.2, -0.15) is 4.31 Å². The van der Waals surface area contributed by atoms with Crippen molar-refractivity contribution in [3.63, 3.8) is 0 Å². The second-order valence-electron chi connectivity index (χ2n) is 10.9. The average Bonchev–Trinajstić information content (AvgIpc) is 3.64. The molecule has 0 saturated carbocycles. The van der Waals surface area contributed by atoms with E-state index in [4.69, 9.17) is 9.47 Å². The number of ether oxygens (including phenoxy) is 2. The van der Waals surface area contributed by atoms with E-state index in [1.165, 1.54) is 37.6 Å². The summed E-state index contributed by atoms with van der Waals surface area (Å²) in [4.78, 5) is 1.05. The van der Waals surface area contributed by atoms with Crippen molar-refractivity contribution in [2.75, 3.05) is 46.9 Å². The molecule has 2 aliphatic heterocycles. The van der Waals surface area contributed by atoms with Crippen LogP contribution in [0.3, 0.4) is 0 Å². The SMILES string of the molecule is CN(C)S(=O)(=O)c1cccc(OCC(O)CNC2COC3(CCN(S(=O)(=O)c4ccc(-c5ccccc5)s4)CC3)C2)c1. The largest absolute Gasteiger partial charge is 0.491 e. The Morgan fingerprint density at radius 1 is 1.07 bits per heavy atom. The number of nitrogens with zero attached hydrogens (tertiary/aromatic N) is 2. The summed E-state index contributed by atoms with van der Waals surface area (Å²) in [7, 11) is -4.23. The number of benzene rings is 2. The van der Waals surface area contributed by atoms with Crippen LogP contribution in [0.2, 0.25) is 0 Å². The van der Waals surface area contributed by atoms with Crippen LogP contribution in [0.1, 0.15) is 19.3 Å². The molecule has 1 aromatic heterocycles. The molecule has 2 atom stereocenters. The summed E-state index contributed by atoms with van der Waals surface area (Å²) in [6.45, 7) is 1.55. The first-order chi connectivity index (χ1) is 20.0. The quantitative estimate of drug-likeness (QED) is 0.330. The minimum atomic E-state index is -3.58. The first-order valence-electron chi connectivity index (χ1n) is 13.8. The molecule has 5 rings (SSSR count). The fourth-order valence-electron chi connectivity index (χ4n) is 5.29. The van der Waals surface area contributed by atoms with Crippen molar-refractivity contribution in [3.05, 3.63) is 66.7 Å². The van der Waals surface area contributed by atoms with Crippen LogP contribution in [-0.2, 0) is 24.8 Å². The molecule has 3 aromatic rings. The van der Waals surface area contributed by atoms with E-state index in [2.05, 4.69) is 5.32 Å². The molecule has 3 heterocycles. The molecule has 10 nitrogen and oxygen atoms in total. The molecule has 0 amide bonds. The summed E-state index contributed by atoms with van der Waals surface area (Å²) in [5, 5.41) is 13.8. The predicted octanol–water partition coefficient (Wildman–Crippen LogP) is 3.01. The highest BCUT2D eigenvalue weighted by atomic mass is 32.2. The van der Waals surface area contributed by atoms with Crippen molar-refractivity contribution in [2.24, 2.45) is 0 Å². The van der Waals surface area contributed by atoms with Crippen molar-refractivity contribution in [1.82, 2.24) is 13.9 Å². The van der Waals surface area contributed by atoms with E-state index in [0.717, 1.165) is 21.2 Å². The van der Waals surface area contributed by atoms with E-state index >= 15 is 0 Å². The van der Waals surface area contributed by atoms with Gasteiger partial charge in [-0.1, -0.05) is 36.4 Å². The molecule has 0 aliphatic carbocycles. The number of thiophene rings is 1. The third-order valence-electron chi connectivity index (χ3n) is 7.75. The van der Waals surface area contributed by atoms with Crippen LogP contribution in [-0.4, -0.2) is 95.2 Å². The normalized spacial score (nSPS) is 20.2. The van der Waals surface area contributed by atoms with Gasteiger partial charge in [0.2, 0.25) is 10.0 Å². The Balaban J connectivity index is 1.08. The highest BCUT2D eigenvalue weighted by molar-refractivity contribution is 7.91. The lowest BCUT2D eigenvalue weighted by atomic mass is 9.88. The number of hydrogen-bond donors (Lipinski definition) is 2. The summed E-state index contributed by atoms with van der Waals surface area (Å²) in [6, 6.07) is 19.5. The maximum absolute atomic E-state index is 13.4. The molecular formula is C29H37N3O7S3. The molecule has 42 heavy (non-hydrogen) atoms. The van der Waals surface area contributed by atoms with E-state index in [-0.39, 0.29) is 29.7 Å². The number of hydrogen-bond acceptors (Lipinski definition) is 9. The average molecular weight is 636 g/mol. The van der Waals surface area contributed by atoms with Crippen LogP contribution in [0, 0.1) is 0 Å². The third kappa shape index (κ3) is 6.89. The number of sulfonamides is 2. The lowest BCUT2D eigenvalue weighted by Crippen LogP contribution is -2.47. The lowest BCUT2D eigenvalue weighted by molar-refractivity contribution is -0.0311. The van der Waals surface area contributed by atoms with Gasteiger partial charge in [0.1, 0.15) is 22.7 Å². The molecule has 228 valence electrons. The summed E-state index contributed by atoms with van der Waals surface area (Å²) in [5.74, 6) is 0.362. The zero-order chi connectivity index (χ0) is 30.0. The highest BCUT2D eigenvalue weighted by Gasteiger charge is 2.45. The minimum Gasteiger partial charge on any atom is -0.491 e. The zero-order valence-corrected chi connectivity index (χ0v) is 26.1. The van der Waals surface area contributed by atoms with Gasteiger partial charge in [0.05, 0.1) is 17.1 Å². The third-order valence-corrected chi connectivity index (χ3v) is 13.1. The molecule has 2 saturated heterocycles. The number of aliphatic hydroxyl groups is 1. The molecule has 13 heteroatoms. The zero-order valence-electron chi connectivity index (χ0n) is 23.7. The van der Waals surface area contributed by atoms with Gasteiger partial charge in [-0.05, 0) is 49.1 Å². The first kappa shape index (κ1) is 31.1. The predicted molar refractivity (Wildman–Crippen MR) is 162 cm³/mol. The van der Waals surface area contributed by atoms with Crippen molar-refractivity contribution in [3.8, 4) is 16.2 Å². The van der Waals surface area contributed by atoms with Crippen LogP contribution in [0.25, 0.3) is 10.4 Å². The molecule has 0 radical (unpaired) electrons. The Labute approximate surface area is 252 Å². The van der Waals surface area contributed by atoms with Crippen LogP contribution in [0.15, 0.2) is 75.8 Å². The fraction of sp³-hybridized carbons (Fsp3) is 0.448. The van der Waals surface area contributed by atoms with Gasteiger partial charge in [0.25, 0.3) is 10.0 Å². The van der Waals surface area contributed by atoms with Crippen molar-refractivity contribution in [2.45, 2.75) is 46.1 Å². The Bertz CT molecular complexity index is 1570. The van der Waals surface area contributed by atoms with Gasteiger partial charge in [-0.25, -0.2) is 21.1 Å². The molecule has 0 bridgehead atoms. The van der Waals surface area contributed by atoms with Crippen LogP contribution in [0.5, 0.6) is 5.75 Å². The molecule has 1 spiro atoms. The fourth-order valence-corrected chi connectivity index (χ4v) is 9.14. The number of nitrogens with one attached hydrogen (secondary N) is 1. The van der Waals surface area contributed by atoms with E-state index in [9.17, 15) is 21.9 Å². The summed E-state index contributed by atoms with van der Waals surface area (Å²) >= 11 is 1.29. The molecule has 2 aliphatic rings. The highest BCUT2D eigenvalue weighted by Crippen LogP contribution is 2.39. The summed E-state index contributed by atoms with van der Waals surface area (Å²) in [5.41, 5.74) is 0.620. The number of piperidine rings is 1. The minimum absolute atomic E-state index is 0.00128.